The Kier molecular flexibility index (Phi) is 3.44. The second kappa shape index (κ2) is 5.22. The van der Waals surface area contributed by atoms with Crippen molar-refractivity contribution in [2.45, 2.75) is 25.7 Å². The summed E-state index contributed by atoms with van der Waals surface area (Å²) < 4.78 is 0. The number of hydrogen-bond donors (Lipinski definition) is 1. The van der Waals surface area contributed by atoms with Crippen molar-refractivity contribution in [2.24, 2.45) is 0 Å². The van der Waals surface area contributed by atoms with Gasteiger partial charge in [0.25, 0.3) is 5.91 Å². The molecule has 5 nitrogen and oxygen atoms in total. The van der Waals surface area contributed by atoms with E-state index < -0.39 is 0 Å². The van der Waals surface area contributed by atoms with Gasteiger partial charge in [0.2, 0.25) is 0 Å². The Morgan fingerprint density at radius 3 is 2.84 bits per heavy atom. The minimum atomic E-state index is -0.310. The monoisotopic (exact) mass is 294 g/mol. The number of amides is 1. The minimum Gasteiger partial charge on any atom is -0.296 e. The maximum absolute atomic E-state index is 11.9. The molecule has 1 N–H and O–H groups in total. The van der Waals surface area contributed by atoms with Gasteiger partial charge in [0.1, 0.15) is 0 Å². The van der Waals surface area contributed by atoms with Gasteiger partial charge in [-0.05, 0) is 37.8 Å². The van der Waals surface area contributed by atoms with E-state index in [9.17, 15) is 4.79 Å². The molecule has 7 heteroatoms. The van der Waals surface area contributed by atoms with Gasteiger partial charge in [-0.1, -0.05) is 11.6 Å². The molecule has 2 aromatic rings. The molecule has 1 aliphatic rings. The summed E-state index contributed by atoms with van der Waals surface area (Å²) in [6.45, 7) is 0. The largest absolute Gasteiger partial charge is 0.296 e. The SMILES string of the molecule is O=C(Nc1nc2c(s1)CCCC2)c1ccc(Cl)nn1. The summed E-state index contributed by atoms with van der Waals surface area (Å²) in [4.78, 5) is 17.7. The van der Waals surface area contributed by atoms with Crippen LogP contribution in [0.5, 0.6) is 0 Å². The van der Waals surface area contributed by atoms with E-state index in [2.05, 4.69) is 20.5 Å². The maximum Gasteiger partial charge on any atom is 0.277 e. The molecular formula is C12H11ClN4OS. The normalized spacial score (nSPS) is 13.9. The number of hydrogen-bond acceptors (Lipinski definition) is 5. The van der Waals surface area contributed by atoms with Crippen LogP contribution in [0.25, 0.3) is 0 Å². The van der Waals surface area contributed by atoms with E-state index in [1.165, 1.54) is 29.9 Å². The predicted molar refractivity (Wildman–Crippen MR) is 73.8 cm³/mol. The van der Waals surface area contributed by atoms with E-state index in [1.54, 1.807) is 11.3 Å². The molecule has 0 spiro atoms. The number of rotatable bonds is 2. The van der Waals surface area contributed by atoms with Crippen LogP contribution in [0.3, 0.4) is 0 Å². The standard InChI is InChI=1S/C12H11ClN4OS/c13-10-6-5-8(16-17-10)11(18)15-12-14-7-3-1-2-4-9(7)19-12/h5-6H,1-4H2,(H,14,15,18). The molecule has 0 unspecified atom stereocenters. The lowest BCUT2D eigenvalue weighted by atomic mass is 10.0. The molecule has 0 bridgehead atoms. The van der Waals surface area contributed by atoms with Crippen LogP contribution < -0.4 is 5.32 Å². The van der Waals surface area contributed by atoms with Crippen molar-refractivity contribution >= 4 is 34.0 Å². The number of carbonyl (C=O) groups excluding carboxylic acids is 1. The molecule has 3 rings (SSSR count). The Morgan fingerprint density at radius 2 is 2.11 bits per heavy atom. The predicted octanol–water partition coefficient (Wildman–Crippen LogP) is 2.72. The number of anilines is 1. The third-order valence-electron chi connectivity index (χ3n) is 2.93. The van der Waals surface area contributed by atoms with Crippen LogP contribution in [-0.2, 0) is 12.8 Å². The first kappa shape index (κ1) is 12.5. The van der Waals surface area contributed by atoms with Crippen LogP contribution in [0.2, 0.25) is 5.15 Å². The molecule has 2 aromatic heterocycles. The molecule has 0 atom stereocenters. The molecule has 0 saturated carbocycles. The highest BCUT2D eigenvalue weighted by Gasteiger charge is 2.17. The zero-order valence-corrected chi connectivity index (χ0v) is 11.6. The van der Waals surface area contributed by atoms with Crippen molar-refractivity contribution in [3.63, 3.8) is 0 Å². The summed E-state index contributed by atoms with van der Waals surface area (Å²) >= 11 is 7.17. The van der Waals surface area contributed by atoms with Gasteiger partial charge >= 0.3 is 0 Å². The van der Waals surface area contributed by atoms with Crippen molar-refractivity contribution in [1.82, 2.24) is 15.2 Å². The molecule has 19 heavy (non-hydrogen) atoms. The molecular weight excluding hydrogens is 284 g/mol. The van der Waals surface area contributed by atoms with Crippen molar-refractivity contribution in [2.75, 3.05) is 5.32 Å². The lowest BCUT2D eigenvalue weighted by Crippen LogP contribution is -2.14. The molecule has 1 aliphatic carbocycles. The van der Waals surface area contributed by atoms with Crippen LogP contribution in [0.1, 0.15) is 33.9 Å². The Morgan fingerprint density at radius 1 is 1.26 bits per heavy atom. The van der Waals surface area contributed by atoms with Crippen LogP contribution in [-0.4, -0.2) is 21.1 Å². The van der Waals surface area contributed by atoms with Gasteiger partial charge in [0, 0.05) is 4.88 Å². The van der Waals surface area contributed by atoms with Crippen molar-refractivity contribution in [1.29, 1.82) is 0 Å². The average molecular weight is 295 g/mol. The summed E-state index contributed by atoms with van der Waals surface area (Å²) in [6.07, 6.45) is 4.43. The smallest absolute Gasteiger partial charge is 0.277 e. The number of carbonyl (C=O) groups is 1. The number of aromatic nitrogens is 3. The Labute approximate surface area is 119 Å². The van der Waals surface area contributed by atoms with Gasteiger partial charge in [0.15, 0.2) is 16.0 Å². The first-order valence-electron chi connectivity index (χ1n) is 6.01. The highest BCUT2D eigenvalue weighted by molar-refractivity contribution is 7.15. The van der Waals surface area contributed by atoms with Crippen molar-refractivity contribution in [3.8, 4) is 0 Å². The molecule has 0 fully saturated rings. The lowest BCUT2D eigenvalue weighted by Gasteiger charge is -2.06. The van der Waals surface area contributed by atoms with Gasteiger partial charge in [-0.3, -0.25) is 10.1 Å². The van der Waals surface area contributed by atoms with Crippen LogP contribution >= 0.6 is 22.9 Å². The summed E-state index contributed by atoms with van der Waals surface area (Å²) in [7, 11) is 0. The number of nitrogens with one attached hydrogen (secondary N) is 1. The molecule has 0 saturated heterocycles. The van der Waals surface area contributed by atoms with Gasteiger partial charge in [0.05, 0.1) is 5.69 Å². The number of thiazole rings is 1. The zero-order chi connectivity index (χ0) is 13.2. The van der Waals surface area contributed by atoms with Gasteiger partial charge in [-0.2, -0.15) is 0 Å². The first-order valence-corrected chi connectivity index (χ1v) is 7.21. The summed E-state index contributed by atoms with van der Waals surface area (Å²) in [5.74, 6) is -0.310. The van der Waals surface area contributed by atoms with Crippen molar-refractivity contribution in [3.05, 3.63) is 33.6 Å². The molecule has 1 amide bonds. The number of aryl methyl sites for hydroxylation is 2. The fraction of sp³-hybridized carbons (Fsp3) is 0.333. The van der Waals surface area contributed by atoms with E-state index in [0.717, 1.165) is 18.5 Å². The van der Waals surface area contributed by atoms with Crippen molar-refractivity contribution < 1.29 is 4.79 Å². The molecule has 2 heterocycles. The number of fused-ring (bicyclic) bond motifs is 1. The molecule has 0 radical (unpaired) electrons. The van der Waals surface area contributed by atoms with Crippen LogP contribution in [0.4, 0.5) is 5.13 Å². The molecule has 98 valence electrons. The molecule has 0 aromatic carbocycles. The Balaban J connectivity index is 1.75. The minimum absolute atomic E-state index is 0.234. The third kappa shape index (κ3) is 2.74. The van der Waals surface area contributed by atoms with E-state index >= 15 is 0 Å². The van der Waals surface area contributed by atoms with Crippen LogP contribution in [0, 0.1) is 0 Å². The van der Waals surface area contributed by atoms with E-state index in [4.69, 9.17) is 11.6 Å². The summed E-state index contributed by atoms with van der Waals surface area (Å²) in [5.41, 5.74) is 1.35. The quantitative estimate of drug-likeness (QED) is 0.925. The highest BCUT2D eigenvalue weighted by atomic mass is 35.5. The Bertz CT molecular complexity index is 587. The van der Waals surface area contributed by atoms with Gasteiger partial charge in [-0.15, -0.1) is 21.5 Å². The fourth-order valence-electron chi connectivity index (χ4n) is 2.00. The third-order valence-corrected chi connectivity index (χ3v) is 4.21. The van der Waals surface area contributed by atoms with Gasteiger partial charge < -0.3 is 0 Å². The number of halogens is 1. The Hall–Kier alpha value is -1.53. The summed E-state index contributed by atoms with van der Waals surface area (Å²) in [5, 5.41) is 11.0. The van der Waals surface area contributed by atoms with E-state index in [-0.39, 0.29) is 16.8 Å². The average Bonchev–Trinajstić information content (AvgIpc) is 2.81. The topological polar surface area (TPSA) is 67.8 Å². The van der Waals surface area contributed by atoms with E-state index in [1.807, 2.05) is 0 Å². The van der Waals surface area contributed by atoms with Gasteiger partial charge in [-0.25, -0.2) is 4.98 Å². The zero-order valence-electron chi connectivity index (χ0n) is 10.0. The van der Waals surface area contributed by atoms with Crippen LogP contribution in [0.15, 0.2) is 12.1 Å². The summed E-state index contributed by atoms with van der Waals surface area (Å²) in [6, 6.07) is 3.08. The lowest BCUT2D eigenvalue weighted by molar-refractivity contribution is 0.102. The highest BCUT2D eigenvalue weighted by Crippen LogP contribution is 2.29. The second-order valence-corrected chi connectivity index (χ2v) is 5.76. The fourth-order valence-corrected chi connectivity index (χ4v) is 3.15. The van der Waals surface area contributed by atoms with E-state index in [0.29, 0.717) is 5.13 Å². The maximum atomic E-state index is 11.9. The number of nitrogens with zero attached hydrogens (tertiary/aromatic N) is 3. The first-order chi connectivity index (χ1) is 9.22. The second-order valence-electron chi connectivity index (χ2n) is 4.29. The molecule has 0 aliphatic heterocycles.